The molecule has 1 heterocycles. The minimum atomic E-state index is 0.0770. The van der Waals surface area contributed by atoms with Gasteiger partial charge >= 0.3 is 0 Å². The average Bonchev–Trinajstić information content (AvgIpc) is 2.03. The van der Waals surface area contributed by atoms with Crippen molar-refractivity contribution < 1.29 is 9.94 Å². The van der Waals surface area contributed by atoms with Gasteiger partial charge in [-0.3, -0.25) is 9.83 Å². The molecule has 1 aliphatic heterocycles. The average molecular weight is 144 g/mol. The Labute approximate surface area is 60.1 Å². The normalized spacial score (nSPS) is 19.7. The third-order valence-electron chi connectivity index (χ3n) is 1.26. The lowest BCUT2D eigenvalue weighted by atomic mass is 10.5. The van der Waals surface area contributed by atoms with Crippen LogP contribution in [-0.4, -0.2) is 49.2 Å². The van der Waals surface area contributed by atoms with Gasteiger partial charge in [-0.1, -0.05) is 0 Å². The van der Waals surface area contributed by atoms with Gasteiger partial charge in [0.25, 0.3) is 0 Å². The van der Waals surface area contributed by atoms with Crippen molar-refractivity contribution in [3.05, 3.63) is 0 Å². The first-order valence-corrected chi connectivity index (χ1v) is 3.40. The Morgan fingerprint density at radius 2 is 2.60 bits per heavy atom. The maximum atomic E-state index is 8.41. The van der Waals surface area contributed by atoms with E-state index in [1.807, 2.05) is 6.21 Å². The van der Waals surface area contributed by atoms with Crippen molar-refractivity contribution in [3.8, 4) is 0 Å². The Morgan fingerprint density at radius 3 is 3.20 bits per heavy atom. The Balaban J connectivity index is 2.10. The minimum absolute atomic E-state index is 0.0770. The second kappa shape index (κ2) is 4.38. The van der Waals surface area contributed by atoms with E-state index in [0.717, 1.165) is 19.6 Å². The van der Waals surface area contributed by atoms with Gasteiger partial charge in [-0.15, -0.1) is 0 Å². The molecular formula is C6H12N2O2. The van der Waals surface area contributed by atoms with Gasteiger partial charge in [-0.25, -0.2) is 0 Å². The molecule has 0 fully saturated rings. The number of hydroxylamine groups is 2. The number of nitrogens with zero attached hydrogens (tertiary/aromatic N) is 2. The standard InChI is InChI=1S/C6H12N2O2/c9-5-6-10-8-3-1-7-2-4-8/h1,9H,2-6H2. The van der Waals surface area contributed by atoms with E-state index < -0.39 is 0 Å². The molecule has 1 aliphatic rings. The molecule has 0 aromatic carbocycles. The van der Waals surface area contributed by atoms with E-state index in [1.165, 1.54) is 0 Å². The fourth-order valence-electron chi connectivity index (χ4n) is 0.788. The van der Waals surface area contributed by atoms with Crippen LogP contribution in [0.5, 0.6) is 0 Å². The van der Waals surface area contributed by atoms with E-state index >= 15 is 0 Å². The van der Waals surface area contributed by atoms with Crippen molar-refractivity contribution in [2.45, 2.75) is 0 Å². The van der Waals surface area contributed by atoms with Crippen LogP contribution in [-0.2, 0) is 4.84 Å². The number of aliphatic hydroxyl groups excluding tert-OH is 1. The number of rotatable bonds is 3. The van der Waals surface area contributed by atoms with E-state index in [1.54, 1.807) is 5.06 Å². The summed E-state index contributed by atoms with van der Waals surface area (Å²) in [5, 5.41) is 10.2. The molecule has 58 valence electrons. The van der Waals surface area contributed by atoms with Crippen LogP contribution in [0.15, 0.2) is 4.99 Å². The summed E-state index contributed by atoms with van der Waals surface area (Å²) in [6.07, 6.45) is 1.82. The second-order valence-electron chi connectivity index (χ2n) is 2.03. The summed E-state index contributed by atoms with van der Waals surface area (Å²) in [6.45, 7) is 2.82. The zero-order valence-corrected chi connectivity index (χ0v) is 5.86. The van der Waals surface area contributed by atoms with Crippen LogP contribution in [0.2, 0.25) is 0 Å². The van der Waals surface area contributed by atoms with Crippen LogP contribution in [0.25, 0.3) is 0 Å². The van der Waals surface area contributed by atoms with Gasteiger partial charge in [0, 0.05) is 12.8 Å². The van der Waals surface area contributed by atoms with E-state index in [4.69, 9.17) is 9.94 Å². The zero-order valence-electron chi connectivity index (χ0n) is 5.86. The van der Waals surface area contributed by atoms with E-state index in [0.29, 0.717) is 6.61 Å². The van der Waals surface area contributed by atoms with Crippen LogP contribution < -0.4 is 0 Å². The Morgan fingerprint density at radius 1 is 1.70 bits per heavy atom. The molecule has 0 saturated heterocycles. The molecule has 0 aromatic rings. The molecule has 0 amide bonds. The molecule has 10 heavy (non-hydrogen) atoms. The molecule has 0 atom stereocenters. The van der Waals surface area contributed by atoms with Crippen LogP contribution in [0.4, 0.5) is 0 Å². The smallest absolute Gasteiger partial charge is 0.0916 e. The largest absolute Gasteiger partial charge is 0.394 e. The van der Waals surface area contributed by atoms with Gasteiger partial charge in [0.2, 0.25) is 0 Å². The molecule has 0 radical (unpaired) electrons. The van der Waals surface area contributed by atoms with Crippen LogP contribution in [0.1, 0.15) is 0 Å². The molecule has 0 spiro atoms. The first kappa shape index (κ1) is 7.65. The summed E-state index contributed by atoms with van der Waals surface area (Å²) in [5.41, 5.74) is 0. The lowest BCUT2D eigenvalue weighted by Gasteiger charge is -2.20. The van der Waals surface area contributed by atoms with Crippen LogP contribution in [0, 0.1) is 0 Å². The third kappa shape index (κ3) is 2.43. The number of aliphatic imine (C=N–C) groups is 1. The predicted octanol–water partition coefficient (Wildman–Crippen LogP) is -0.703. The molecule has 0 unspecified atom stereocenters. The summed E-state index contributed by atoms with van der Waals surface area (Å²) in [4.78, 5) is 9.15. The Bertz CT molecular complexity index is 116. The fraction of sp³-hybridized carbons (Fsp3) is 0.833. The summed E-state index contributed by atoms with van der Waals surface area (Å²) in [6, 6.07) is 0. The van der Waals surface area contributed by atoms with Crippen molar-refractivity contribution in [2.24, 2.45) is 4.99 Å². The van der Waals surface area contributed by atoms with Gasteiger partial charge < -0.3 is 5.11 Å². The number of hydrogen-bond donors (Lipinski definition) is 1. The highest BCUT2D eigenvalue weighted by Gasteiger charge is 2.05. The first-order valence-electron chi connectivity index (χ1n) is 3.40. The topological polar surface area (TPSA) is 45.1 Å². The predicted molar refractivity (Wildman–Crippen MR) is 38.0 cm³/mol. The summed E-state index contributed by atoms with van der Waals surface area (Å²) < 4.78 is 0. The highest BCUT2D eigenvalue weighted by Crippen LogP contribution is 1.92. The van der Waals surface area contributed by atoms with Gasteiger partial charge in [-0.05, 0) is 0 Å². The lowest BCUT2D eigenvalue weighted by molar-refractivity contribution is -0.154. The molecule has 0 aromatic heterocycles. The molecule has 1 N–H and O–H groups in total. The summed E-state index contributed by atoms with van der Waals surface area (Å²) in [7, 11) is 0. The van der Waals surface area contributed by atoms with Crippen LogP contribution >= 0.6 is 0 Å². The summed E-state index contributed by atoms with van der Waals surface area (Å²) >= 11 is 0. The monoisotopic (exact) mass is 144 g/mol. The maximum Gasteiger partial charge on any atom is 0.0916 e. The quantitative estimate of drug-likeness (QED) is 0.569. The molecule has 4 heteroatoms. The van der Waals surface area contributed by atoms with Gasteiger partial charge in [0.15, 0.2) is 0 Å². The SMILES string of the molecule is OCCON1CC=NCC1. The van der Waals surface area contributed by atoms with Crippen LogP contribution in [0.3, 0.4) is 0 Å². The summed E-state index contributed by atoms with van der Waals surface area (Å²) in [5.74, 6) is 0. The zero-order chi connectivity index (χ0) is 7.23. The first-order chi connectivity index (χ1) is 4.93. The molecule has 0 bridgehead atoms. The molecular weight excluding hydrogens is 132 g/mol. The maximum absolute atomic E-state index is 8.41. The van der Waals surface area contributed by atoms with Crippen molar-refractivity contribution >= 4 is 6.21 Å². The molecule has 0 aliphatic carbocycles. The Kier molecular flexibility index (Phi) is 3.35. The number of aliphatic hydroxyl groups is 1. The van der Waals surface area contributed by atoms with Crippen molar-refractivity contribution in [3.63, 3.8) is 0 Å². The molecule has 1 rings (SSSR count). The minimum Gasteiger partial charge on any atom is -0.394 e. The van der Waals surface area contributed by atoms with Gasteiger partial charge in [0.1, 0.15) is 0 Å². The highest BCUT2D eigenvalue weighted by atomic mass is 16.7. The Hall–Kier alpha value is -0.450. The van der Waals surface area contributed by atoms with Gasteiger partial charge in [-0.2, -0.15) is 5.06 Å². The van der Waals surface area contributed by atoms with E-state index in [-0.39, 0.29) is 6.61 Å². The van der Waals surface area contributed by atoms with E-state index in [9.17, 15) is 0 Å². The molecule has 0 saturated carbocycles. The highest BCUT2D eigenvalue weighted by molar-refractivity contribution is 5.60. The van der Waals surface area contributed by atoms with Gasteiger partial charge in [0.05, 0.1) is 26.3 Å². The van der Waals surface area contributed by atoms with Crippen molar-refractivity contribution in [2.75, 3.05) is 32.8 Å². The van der Waals surface area contributed by atoms with Crippen molar-refractivity contribution in [1.29, 1.82) is 0 Å². The second-order valence-corrected chi connectivity index (χ2v) is 2.03. The fourth-order valence-corrected chi connectivity index (χ4v) is 0.788. The molecule has 4 nitrogen and oxygen atoms in total. The van der Waals surface area contributed by atoms with E-state index in [2.05, 4.69) is 4.99 Å². The van der Waals surface area contributed by atoms with Crippen molar-refractivity contribution in [1.82, 2.24) is 5.06 Å². The lowest BCUT2D eigenvalue weighted by Crippen LogP contribution is -2.32. The third-order valence-corrected chi connectivity index (χ3v) is 1.26. The number of hydrogen-bond acceptors (Lipinski definition) is 4.